The molecular weight excluding hydrogens is 290 g/mol. The Balaban J connectivity index is 1.56. The van der Waals surface area contributed by atoms with Gasteiger partial charge < -0.3 is 15.4 Å². The van der Waals surface area contributed by atoms with Gasteiger partial charge in [0.15, 0.2) is 6.61 Å². The van der Waals surface area contributed by atoms with Crippen LogP contribution in [0.5, 0.6) is 5.75 Å². The molecule has 0 aliphatic carbocycles. The molecule has 2 fully saturated rings. The van der Waals surface area contributed by atoms with E-state index in [1.54, 1.807) is 6.07 Å². The van der Waals surface area contributed by atoms with Crippen molar-refractivity contribution in [1.29, 1.82) is 0 Å². The Morgan fingerprint density at radius 2 is 2.24 bits per heavy atom. The van der Waals surface area contributed by atoms with Crippen LogP contribution >= 0.6 is 11.6 Å². The second-order valence-corrected chi connectivity index (χ2v) is 6.36. The number of benzene rings is 1. The van der Waals surface area contributed by atoms with Crippen LogP contribution in [0.1, 0.15) is 19.3 Å². The number of nitrogens with zero attached hydrogens (tertiary/aromatic N) is 1. The van der Waals surface area contributed by atoms with Crippen LogP contribution in [0.15, 0.2) is 12.1 Å². The standard InChI is InChI=1S/C15H18ClN3O2/c16-9-6-12-14(21-8-15(20)18-12)7-11(9)17-10-3-5-19-4-1-2-13(10)19/h6-7,10,13,17H,1-5,8H2,(H,18,20). The Bertz CT molecular complexity index is 593. The quantitative estimate of drug-likeness (QED) is 0.880. The van der Waals surface area contributed by atoms with E-state index >= 15 is 0 Å². The van der Waals surface area contributed by atoms with Crippen LogP contribution < -0.4 is 15.4 Å². The van der Waals surface area contributed by atoms with Crippen LogP contribution in [0, 0.1) is 0 Å². The fourth-order valence-electron chi connectivity index (χ4n) is 3.66. The molecule has 4 rings (SSSR count). The minimum atomic E-state index is -0.142. The molecule has 3 heterocycles. The smallest absolute Gasteiger partial charge is 0.262 e. The third-order valence-electron chi connectivity index (χ3n) is 4.65. The number of hydrogen-bond donors (Lipinski definition) is 2. The molecule has 5 nitrogen and oxygen atoms in total. The fraction of sp³-hybridized carbons (Fsp3) is 0.533. The number of nitrogens with one attached hydrogen (secondary N) is 2. The van der Waals surface area contributed by atoms with Crippen LogP contribution in [0.4, 0.5) is 11.4 Å². The molecule has 1 aromatic rings. The molecule has 0 bridgehead atoms. The lowest BCUT2D eigenvalue weighted by Gasteiger charge is -2.24. The second kappa shape index (κ2) is 5.07. The summed E-state index contributed by atoms with van der Waals surface area (Å²) in [6.07, 6.45) is 3.69. The minimum absolute atomic E-state index is 0.0634. The number of fused-ring (bicyclic) bond motifs is 2. The summed E-state index contributed by atoms with van der Waals surface area (Å²) < 4.78 is 5.46. The molecule has 0 aromatic heterocycles. The van der Waals surface area contributed by atoms with Crippen molar-refractivity contribution in [3.63, 3.8) is 0 Å². The monoisotopic (exact) mass is 307 g/mol. The summed E-state index contributed by atoms with van der Waals surface area (Å²) in [4.78, 5) is 13.9. The van der Waals surface area contributed by atoms with Gasteiger partial charge in [-0.25, -0.2) is 0 Å². The predicted molar refractivity (Wildman–Crippen MR) is 82.2 cm³/mol. The largest absolute Gasteiger partial charge is 0.482 e. The Labute approximate surface area is 128 Å². The molecule has 0 spiro atoms. The molecule has 0 saturated carbocycles. The van der Waals surface area contributed by atoms with Gasteiger partial charge in [-0.1, -0.05) is 11.6 Å². The lowest BCUT2D eigenvalue weighted by Crippen LogP contribution is -2.34. The lowest BCUT2D eigenvalue weighted by atomic mass is 10.1. The highest BCUT2D eigenvalue weighted by atomic mass is 35.5. The summed E-state index contributed by atoms with van der Waals surface area (Å²) in [6, 6.07) is 4.73. The van der Waals surface area contributed by atoms with Gasteiger partial charge in [-0.3, -0.25) is 9.69 Å². The SMILES string of the molecule is O=C1COc2cc(NC3CCN4CCCC34)c(Cl)cc2N1. The van der Waals surface area contributed by atoms with Crippen molar-refractivity contribution >= 4 is 28.9 Å². The van der Waals surface area contributed by atoms with Crippen LogP contribution in [0.3, 0.4) is 0 Å². The van der Waals surface area contributed by atoms with Crippen molar-refractivity contribution in [2.75, 3.05) is 30.3 Å². The van der Waals surface area contributed by atoms with Gasteiger partial charge in [0.2, 0.25) is 0 Å². The molecule has 112 valence electrons. The van der Waals surface area contributed by atoms with Gasteiger partial charge in [-0.15, -0.1) is 0 Å². The number of rotatable bonds is 2. The van der Waals surface area contributed by atoms with Gasteiger partial charge in [0, 0.05) is 24.7 Å². The Hall–Kier alpha value is -1.46. The Morgan fingerprint density at radius 1 is 1.33 bits per heavy atom. The fourth-order valence-corrected chi connectivity index (χ4v) is 3.88. The average Bonchev–Trinajstić information content (AvgIpc) is 3.04. The summed E-state index contributed by atoms with van der Waals surface area (Å²) in [6.45, 7) is 2.45. The maximum Gasteiger partial charge on any atom is 0.262 e. The summed E-state index contributed by atoms with van der Waals surface area (Å²) >= 11 is 6.35. The van der Waals surface area contributed by atoms with Gasteiger partial charge >= 0.3 is 0 Å². The van der Waals surface area contributed by atoms with E-state index in [4.69, 9.17) is 16.3 Å². The van der Waals surface area contributed by atoms with Gasteiger partial charge in [-0.05, 0) is 31.9 Å². The van der Waals surface area contributed by atoms with Crippen molar-refractivity contribution in [2.45, 2.75) is 31.3 Å². The molecule has 3 aliphatic rings. The third kappa shape index (κ3) is 2.34. The number of halogens is 1. The summed E-state index contributed by atoms with van der Waals surface area (Å²) in [5, 5.41) is 6.97. The van der Waals surface area contributed by atoms with E-state index in [1.165, 1.54) is 19.4 Å². The highest BCUT2D eigenvalue weighted by molar-refractivity contribution is 6.33. The molecule has 2 saturated heterocycles. The van der Waals surface area contributed by atoms with Gasteiger partial charge in [-0.2, -0.15) is 0 Å². The van der Waals surface area contributed by atoms with E-state index in [1.807, 2.05) is 6.07 Å². The van der Waals surface area contributed by atoms with Gasteiger partial charge in [0.25, 0.3) is 5.91 Å². The average molecular weight is 308 g/mol. The lowest BCUT2D eigenvalue weighted by molar-refractivity contribution is -0.118. The summed E-state index contributed by atoms with van der Waals surface area (Å²) in [5.41, 5.74) is 1.54. The maximum atomic E-state index is 11.3. The summed E-state index contributed by atoms with van der Waals surface area (Å²) in [5.74, 6) is 0.541. The zero-order valence-corrected chi connectivity index (χ0v) is 12.4. The Morgan fingerprint density at radius 3 is 3.14 bits per heavy atom. The zero-order chi connectivity index (χ0) is 14.4. The third-order valence-corrected chi connectivity index (χ3v) is 4.96. The molecule has 0 radical (unpaired) electrons. The number of anilines is 2. The summed E-state index contributed by atoms with van der Waals surface area (Å²) in [7, 11) is 0. The zero-order valence-electron chi connectivity index (χ0n) is 11.7. The molecule has 6 heteroatoms. The van der Waals surface area contributed by atoms with Crippen LogP contribution in [0.25, 0.3) is 0 Å². The van der Waals surface area contributed by atoms with E-state index in [-0.39, 0.29) is 12.5 Å². The minimum Gasteiger partial charge on any atom is -0.482 e. The van der Waals surface area contributed by atoms with Crippen molar-refractivity contribution in [2.24, 2.45) is 0 Å². The van der Waals surface area contributed by atoms with E-state index in [9.17, 15) is 4.79 Å². The molecular formula is C15H18ClN3O2. The number of carbonyl (C=O) groups excluding carboxylic acids is 1. The van der Waals surface area contributed by atoms with Gasteiger partial charge in [0.1, 0.15) is 5.75 Å². The number of carbonyl (C=O) groups is 1. The van der Waals surface area contributed by atoms with Gasteiger partial charge in [0.05, 0.1) is 16.4 Å². The van der Waals surface area contributed by atoms with Crippen molar-refractivity contribution in [1.82, 2.24) is 4.90 Å². The second-order valence-electron chi connectivity index (χ2n) is 5.95. The predicted octanol–water partition coefficient (Wildman–Crippen LogP) is 2.32. The number of amides is 1. The molecule has 21 heavy (non-hydrogen) atoms. The first-order valence-electron chi connectivity index (χ1n) is 7.47. The van der Waals surface area contributed by atoms with Crippen molar-refractivity contribution in [3.8, 4) is 5.75 Å². The molecule has 1 amide bonds. The van der Waals surface area contributed by atoms with E-state index < -0.39 is 0 Å². The molecule has 1 aromatic carbocycles. The molecule has 2 N–H and O–H groups in total. The van der Waals surface area contributed by atoms with Crippen molar-refractivity contribution in [3.05, 3.63) is 17.2 Å². The number of hydrogen-bond acceptors (Lipinski definition) is 4. The van der Waals surface area contributed by atoms with E-state index in [0.717, 1.165) is 18.7 Å². The molecule has 3 aliphatic heterocycles. The molecule has 2 unspecified atom stereocenters. The van der Waals surface area contributed by atoms with Crippen molar-refractivity contribution < 1.29 is 9.53 Å². The highest BCUT2D eigenvalue weighted by Crippen LogP contribution is 2.38. The normalized spacial score (nSPS) is 27.8. The first kappa shape index (κ1) is 13.2. The molecule has 2 atom stereocenters. The van der Waals surface area contributed by atoms with E-state index in [2.05, 4.69) is 15.5 Å². The first-order valence-corrected chi connectivity index (χ1v) is 7.85. The Kier molecular flexibility index (Phi) is 3.19. The number of ether oxygens (including phenoxy) is 1. The van der Waals surface area contributed by atoms with Crippen LogP contribution in [-0.2, 0) is 4.79 Å². The highest BCUT2D eigenvalue weighted by Gasteiger charge is 2.37. The van der Waals surface area contributed by atoms with Crippen LogP contribution in [0.2, 0.25) is 5.02 Å². The topological polar surface area (TPSA) is 53.6 Å². The van der Waals surface area contributed by atoms with Crippen LogP contribution in [-0.4, -0.2) is 42.6 Å². The maximum absolute atomic E-state index is 11.3. The first-order chi connectivity index (χ1) is 10.2. The van der Waals surface area contributed by atoms with E-state index in [0.29, 0.717) is 28.5 Å².